The monoisotopic (exact) mass is 187 g/mol. The third-order valence-corrected chi connectivity index (χ3v) is 2.68. The molecule has 0 unspecified atom stereocenters. The fourth-order valence-electron chi connectivity index (χ4n) is 0.676. The number of sulfonamides is 1. The summed E-state index contributed by atoms with van der Waals surface area (Å²) in [5.41, 5.74) is 0. The summed E-state index contributed by atoms with van der Waals surface area (Å²) in [7, 11) is -3.33. The molecule has 0 heterocycles. The Morgan fingerprint density at radius 2 is 1.50 bits per heavy atom. The lowest BCUT2D eigenvalue weighted by molar-refractivity contribution is 0.483. The van der Waals surface area contributed by atoms with Gasteiger partial charge in [0, 0.05) is 18.5 Å². The first-order valence-corrected chi connectivity index (χ1v) is 4.93. The maximum atomic E-state index is 11.2. The highest BCUT2D eigenvalue weighted by Gasteiger charge is 2.14. The van der Waals surface area contributed by atoms with Gasteiger partial charge in [0.15, 0.2) is 0 Å². The Balaban J connectivity index is 4.59. The predicted molar refractivity (Wildman–Crippen MR) is 51.1 cm³/mol. The Kier molecular flexibility index (Phi) is 4.54. The number of hydrogen-bond donors (Lipinski definition) is 0. The summed E-state index contributed by atoms with van der Waals surface area (Å²) in [5.74, 6) is 0. The van der Waals surface area contributed by atoms with Gasteiger partial charge in [-0.15, -0.1) is 13.2 Å². The van der Waals surface area contributed by atoms with Crippen LogP contribution < -0.4 is 0 Å². The fourth-order valence-corrected chi connectivity index (χ4v) is 1.51. The Hall–Kier alpha value is -0.870. The second kappa shape index (κ2) is 4.90. The molecule has 0 aliphatic carbocycles. The van der Waals surface area contributed by atoms with Gasteiger partial charge in [-0.2, -0.15) is 4.31 Å². The maximum Gasteiger partial charge on any atom is 0.236 e. The zero-order valence-corrected chi connectivity index (χ0v) is 7.76. The average Bonchev–Trinajstić information content (AvgIpc) is 2.04. The van der Waals surface area contributed by atoms with Gasteiger partial charge in [0.1, 0.15) is 0 Å². The molecule has 0 saturated carbocycles. The summed E-state index contributed by atoms with van der Waals surface area (Å²) in [5, 5.41) is 0.917. The fraction of sp³-hybridized carbons (Fsp3) is 0.250. The lowest BCUT2D eigenvalue weighted by atomic mass is 10.5. The lowest BCUT2D eigenvalue weighted by Gasteiger charge is -2.15. The maximum absolute atomic E-state index is 11.2. The van der Waals surface area contributed by atoms with E-state index in [1.165, 1.54) is 16.5 Å². The van der Waals surface area contributed by atoms with Gasteiger partial charge in [-0.1, -0.05) is 18.7 Å². The molecule has 12 heavy (non-hydrogen) atoms. The summed E-state index contributed by atoms with van der Waals surface area (Å²) in [6.45, 7) is 10.7. The Labute approximate surface area is 73.7 Å². The van der Waals surface area contributed by atoms with Crippen LogP contribution in [0.15, 0.2) is 37.3 Å². The normalized spacial score (nSPS) is 11.1. The van der Waals surface area contributed by atoms with E-state index in [4.69, 9.17) is 0 Å². The van der Waals surface area contributed by atoms with Gasteiger partial charge >= 0.3 is 0 Å². The van der Waals surface area contributed by atoms with Crippen molar-refractivity contribution < 1.29 is 8.42 Å². The minimum absolute atomic E-state index is 0.278. The lowest BCUT2D eigenvalue weighted by Crippen LogP contribution is -2.29. The molecule has 0 bridgehead atoms. The zero-order chi connectivity index (χ0) is 9.61. The molecule has 0 aliphatic heterocycles. The number of rotatable bonds is 6. The van der Waals surface area contributed by atoms with E-state index in [-0.39, 0.29) is 13.1 Å². The predicted octanol–water partition coefficient (Wildman–Crippen LogP) is 1.13. The van der Waals surface area contributed by atoms with Crippen LogP contribution in [0.1, 0.15) is 0 Å². The van der Waals surface area contributed by atoms with Crippen LogP contribution in [-0.4, -0.2) is 25.8 Å². The first-order valence-electron chi connectivity index (χ1n) is 3.43. The van der Waals surface area contributed by atoms with Crippen molar-refractivity contribution >= 4 is 10.0 Å². The first kappa shape index (κ1) is 11.1. The molecule has 3 nitrogen and oxygen atoms in total. The SMILES string of the molecule is C=CCN(CC=C)S(=O)(=O)C=C. The average molecular weight is 187 g/mol. The molecule has 0 rings (SSSR count). The van der Waals surface area contributed by atoms with Gasteiger partial charge < -0.3 is 0 Å². The van der Waals surface area contributed by atoms with E-state index >= 15 is 0 Å². The van der Waals surface area contributed by atoms with Crippen LogP contribution in [0.4, 0.5) is 0 Å². The number of hydrogen-bond acceptors (Lipinski definition) is 2. The van der Waals surface area contributed by atoms with E-state index < -0.39 is 10.0 Å². The molecule has 0 saturated heterocycles. The molecule has 0 aromatic heterocycles. The molecule has 0 radical (unpaired) electrons. The van der Waals surface area contributed by atoms with Crippen LogP contribution in [0.3, 0.4) is 0 Å². The quantitative estimate of drug-likeness (QED) is 0.585. The molecule has 68 valence electrons. The van der Waals surface area contributed by atoms with E-state index in [1.807, 2.05) is 0 Å². The van der Waals surface area contributed by atoms with Gasteiger partial charge in [0.25, 0.3) is 0 Å². The largest absolute Gasteiger partial charge is 0.236 e. The number of nitrogens with zero attached hydrogens (tertiary/aromatic N) is 1. The highest BCUT2D eigenvalue weighted by atomic mass is 32.2. The minimum atomic E-state index is -3.33. The van der Waals surface area contributed by atoms with Crippen LogP contribution in [-0.2, 0) is 10.0 Å². The topological polar surface area (TPSA) is 37.4 Å². The van der Waals surface area contributed by atoms with E-state index in [1.54, 1.807) is 0 Å². The second-order valence-corrected chi connectivity index (χ2v) is 3.99. The van der Waals surface area contributed by atoms with Crippen LogP contribution in [0.25, 0.3) is 0 Å². The van der Waals surface area contributed by atoms with E-state index in [2.05, 4.69) is 19.7 Å². The summed E-state index contributed by atoms with van der Waals surface area (Å²) in [6.07, 6.45) is 3.04. The molecule has 0 aromatic carbocycles. The molecule has 0 N–H and O–H groups in total. The second-order valence-electron chi connectivity index (χ2n) is 2.11. The summed E-state index contributed by atoms with van der Waals surface area (Å²) in [4.78, 5) is 0. The van der Waals surface area contributed by atoms with E-state index in [0.29, 0.717) is 0 Å². The van der Waals surface area contributed by atoms with Crippen molar-refractivity contribution in [3.05, 3.63) is 37.3 Å². The van der Waals surface area contributed by atoms with Crippen LogP contribution in [0.2, 0.25) is 0 Å². The van der Waals surface area contributed by atoms with Crippen molar-refractivity contribution in [3.8, 4) is 0 Å². The molecular formula is C8H13NO2S. The van der Waals surface area contributed by atoms with Crippen molar-refractivity contribution in [2.24, 2.45) is 0 Å². The van der Waals surface area contributed by atoms with Gasteiger partial charge in [0.2, 0.25) is 10.0 Å². The Bertz CT molecular complexity index is 257. The van der Waals surface area contributed by atoms with E-state index in [9.17, 15) is 8.42 Å². The minimum Gasteiger partial charge on any atom is -0.208 e. The van der Waals surface area contributed by atoms with Crippen LogP contribution >= 0.6 is 0 Å². The van der Waals surface area contributed by atoms with E-state index in [0.717, 1.165) is 5.41 Å². The Morgan fingerprint density at radius 3 is 1.75 bits per heavy atom. The summed E-state index contributed by atoms with van der Waals surface area (Å²) in [6, 6.07) is 0. The molecule has 0 aliphatic rings. The smallest absolute Gasteiger partial charge is 0.208 e. The molecule has 4 heteroatoms. The molecule has 0 fully saturated rings. The third-order valence-electron chi connectivity index (χ3n) is 1.24. The van der Waals surface area contributed by atoms with Crippen molar-refractivity contribution in [2.45, 2.75) is 0 Å². The third kappa shape index (κ3) is 3.02. The van der Waals surface area contributed by atoms with Gasteiger partial charge in [0.05, 0.1) is 0 Å². The summed E-state index contributed by atoms with van der Waals surface area (Å²) >= 11 is 0. The van der Waals surface area contributed by atoms with Crippen LogP contribution in [0.5, 0.6) is 0 Å². The summed E-state index contributed by atoms with van der Waals surface area (Å²) < 4.78 is 23.6. The standard InChI is InChI=1S/C8H13NO2S/c1-4-7-9(8-5-2)12(10,11)6-3/h4-6H,1-3,7-8H2. The van der Waals surface area contributed by atoms with Crippen LogP contribution in [0, 0.1) is 0 Å². The van der Waals surface area contributed by atoms with Gasteiger partial charge in [-0.3, -0.25) is 0 Å². The first-order chi connectivity index (χ1) is 5.58. The zero-order valence-electron chi connectivity index (χ0n) is 6.94. The molecule has 0 spiro atoms. The highest BCUT2D eigenvalue weighted by molar-refractivity contribution is 7.92. The van der Waals surface area contributed by atoms with Gasteiger partial charge in [-0.05, 0) is 0 Å². The van der Waals surface area contributed by atoms with Crippen molar-refractivity contribution in [1.29, 1.82) is 0 Å². The van der Waals surface area contributed by atoms with Crippen molar-refractivity contribution in [2.75, 3.05) is 13.1 Å². The molecular weight excluding hydrogens is 174 g/mol. The highest BCUT2D eigenvalue weighted by Crippen LogP contribution is 2.01. The molecule has 0 amide bonds. The van der Waals surface area contributed by atoms with Crippen molar-refractivity contribution in [3.63, 3.8) is 0 Å². The van der Waals surface area contributed by atoms with Crippen molar-refractivity contribution in [1.82, 2.24) is 4.31 Å². The molecule has 0 atom stereocenters. The molecule has 0 aromatic rings. The Morgan fingerprint density at radius 1 is 1.08 bits per heavy atom. The van der Waals surface area contributed by atoms with Gasteiger partial charge in [-0.25, -0.2) is 8.42 Å².